The minimum atomic E-state index is -0.160. The van der Waals surface area contributed by atoms with Gasteiger partial charge in [-0.15, -0.1) is 0 Å². The molecule has 0 aromatic rings. The summed E-state index contributed by atoms with van der Waals surface area (Å²) in [5, 5.41) is 0. The standard InChI is InChI=1S/C14H28O2/c1-10(2)8-12(13(15)11(3)4)9-16-14(5,6)7/h10-12H,8-9H2,1-7H3/t12-/m0/s1. The van der Waals surface area contributed by atoms with Crippen LogP contribution in [0, 0.1) is 17.8 Å². The summed E-state index contributed by atoms with van der Waals surface area (Å²) >= 11 is 0. The molecule has 0 aliphatic carbocycles. The van der Waals surface area contributed by atoms with Gasteiger partial charge in [0.2, 0.25) is 0 Å². The monoisotopic (exact) mass is 228 g/mol. The molecule has 0 aromatic heterocycles. The van der Waals surface area contributed by atoms with Crippen molar-refractivity contribution in [1.82, 2.24) is 0 Å². The van der Waals surface area contributed by atoms with Gasteiger partial charge in [-0.25, -0.2) is 0 Å². The highest BCUT2D eigenvalue weighted by Gasteiger charge is 2.24. The van der Waals surface area contributed by atoms with E-state index in [1.54, 1.807) is 0 Å². The molecule has 0 heterocycles. The maximum Gasteiger partial charge on any atom is 0.140 e. The Kier molecular flexibility index (Phi) is 6.24. The molecule has 16 heavy (non-hydrogen) atoms. The Bertz CT molecular complexity index is 211. The van der Waals surface area contributed by atoms with E-state index in [0.29, 0.717) is 18.3 Å². The van der Waals surface area contributed by atoms with Crippen LogP contribution in [0.2, 0.25) is 0 Å². The largest absolute Gasteiger partial charge is 0.375 e. The van der Waals surface area contributed by atoms with Gasteiger partial charge >= 0.3 is 0 Å². The zero-order valence-corrected chi connectivity index (χ0v) is 12.0. The van der Waals surface area contributed by atoms with Crippen molar-refractivity contribution >= 4 is 5.78 Å². The van der Waals surface area contributed by atoms with Crippen molar-refractivity contribution in [3.8, 4) is 0 Å². The van der Waals surface area contributed by atoms with Crippen molar-refractivity contribution in [3.63, 3.8) is 0 Å². The smallest absolute Gasteiger partial charge is 0.140 e. The minimum Gasteiger partial charge on any atom is -0.375 e. The molecule has 1 atom stereocenters. The predicted octanol–water partition coefficient (Wildman–Crippen LogP) is 3.69. The number of ether oxygens (including phenoxy) is 1. The lowest BCUT2D eigenvalue weighted by atomic mass is 9.88. The van der Waals surface area contributed by atoms with E-state index in [4.69, 9.17) is 4.74 Å². The molecule has 0 saturated heterocycles. The second-order valence-electron chi connectivity index (χ2n) is 6.31. The Balaban J connectivity index is 4.38. The average molecular weight is 228 g/mol. The Hall–Kier alpha value is -0.370. The summed E-state index contributed by atoms with van der Waals surface area (Å²) < 4.78 is 5.74. The number of Topliss-reactive ketones (excluding diaryl/α,β-unsaturated/α-hetero) is 1. The number of carbonyl (C=O) groups excluding carboxylic acids is 1. The second-order valence-corrected chi connectivity index (χ2v) is 6.31. The van der Waals surface area contributed by atoms with E-state index in [1.807, 2.05) is 34.6 Å². The van der Waals surface area contributed by atoms with E-state index in [0.717, 1.165) is 6.42 Å². The first-order valence-electron chi connectivity index (χ1n) is 6.31. The number of hydrogen-bond donors (Lipinski definition) is 0. The minimum absolute atomic E-state index is 0.0548. The van der Waals surface area contributed by atoms with Gasteiger partial charge in [0.1, 0.15) is 5.78 Å². The summed E-state index contributed by atoms with van der Waals surface area (Å²) in [6, 6.07) is 0. The highest BCUT2D eigenvalue weighted by Crippen LogP contribution is 2.19. The lowest BCUT2D eigenvalue weighted by Crippen LogP contribution is -2.30. The third-order valence-electron chi connectivity index (χ3n) is 2.44. The molecule has 0 rings (SSSR count). The molecule has 0 spiro atoms. The van der Waals surface area contributed by atoms with Crippen molar-refractivity contribution in [3.05, 3.63) is 0 Å². The third-order valence-corrected chi connectivity index (χ3v) is 2.44. The van der Waals surface area contributed by atoms with Crippen LogP contribution in [0.5, 0.6) is 0 Å². The Morgan fingerprint density at radius 2 is 1.62 bits per heavy atom. The maximum absolute atomic E-state index is 12.0. The first-order valence-corrected chi connectivity index (χ1v) is 6.31. The van der Waals surface area contributed by atoms with Gasteiger partial charge in [-0.2, -0.15) is 0 Å². The number of ketones is 1. The van der Waals surface area contributed by atoms with E-state index >= 15 is 0 Å². The van der Waals surface area contributed by atoms with Crippen molar-refractivity contribution in [2.75, 3.05) is 6.61 Å². The Morgan fingerprint density at radius 1 is 1.12 bits per heavy atom. The lowest BCUT2D eigenvalue weighted by Gasteiger charge is -2.25. The van der Waals surface area contributed by atoms with Gasteiger partial charge in [-0.3, -0.25) is 4.79 Å². The molecule has 0 unspecified atom stereocenters. The lowest BCUT2D eigenvalue weighted by molar-refractivity contribution is -0.130. The Morgan fingerprint density at radius 3 is 1.94 bits per heavy atom. The Labute approximate surface area is 101 Å². The molecule has 96 valence electrons. The zero-order chi connectivity index (χ0) is 12.9. The number of hydrogen-bond acceptors (Lipinski definition) is 2. The van der Waals surface area contributed by atoms with E-state index < -0.39 is 0 Å². The SMILES string of the molecule is CC(C)C[C@@H](COC(C)(C)C)C(=O)C(C)C. The molecule has 0 aromatic carbocycles. The predicted molar refractivity (Wildman–Crippen MR) is 68.5 cm³/mol. The maximum atomic E-state index is 12.0. The van der Waals surface area contributed by atoms with Crippen molar-refractivity contribution in [2.45, 2.75) is 60.5 Å². The first kappa shape index (κ1) is 15.6. The summed E-state index contributed by atoms with van der Waals surface area (Å²) in [7, 11) is 0. The molecule has 0 saturated carbocycles. The molecule has 2 heteroatoms. The van der Waals surface area contributed by atoms with Crippen molar-refractivity contribution < 1.29 is 9.53 Å². The average Bonchev–Trinajstić information content (AvgIpc) is 2.08. The molecule has 0 amide bonds. The topological polar surface area (TPSA) is 26.3 Å². The fourth-order valence-electron chi connectivity index (χ4n) is 1.66. The van der Waals surface area contributed by atoms with Crippen molar-refractivity contribution in [1.29, 1.82) is 0 Å². The van der Waals surface area contributed by atoms with Crippen LogP contribution in [-0.4, -0.2) is 18.0 Å². The van der Waals surface area contributed by atoms with Crippen LogP contribution in [0.15, 0.2) is 0 Å². The molecule has 0 aliphatic heterocycles. The van der Waals surface area contributed by atoms with Gasteiger partial charge in [0, 0.05) is 11.8 Å². The van der Waals surface area contributed by atoms with Crippen LogP contribution in [0.1, 0.15) is 54.9 Å². The quantitative estimate of drug-likeness (QED) is 0.693. The van der Waals surface area contributed by atoms with E-state index in [2.05, 4.69) is 13.8 Å². The third kappa shape index (κ3) is 7.00. The highest BCUT2D eigenvalue weighted by molar-refractivity contribution is 5.82. The molecule has 0 fully saturated rings. The first-order chi connectivity index (χ1) is 7.13. The molecule has 0 bridgehead atoms. The van der Waals surface area contributed by atoms with Gasteiger partial charge < -0.3 is 4.74 Å². The van der Waals surface area contributed by atoms with Crippen LogP contribution in [0.25, 0.3) is 0 Å². The van der Waals surface area contributed by atoms with Crippen molar-refractivity contribution in [2.24, 2.45) is 17.8 Å². The summed E-state index contributed by atoms with van der Waals surface area (Å²) in [6.45, 7) is 14.9. The molecule has 0 N–H and O–H groups in total. The highest BCUT2D eigenvalue weighted by atomic mass is 16.5. The van der Waals surface area contributed by atoms with Crippen LogP contribution < -0.4 is 0 Å². The van der Waals surface area contributed by atoms with Gasteiger partial charge in [0.15, 0.2) is 0 Å². The van der Waals surface area contributed by atoms with E-state index in [1.165, 1.54) is 0 Å². The summed E-state index contributed by atoms with van der Waals surface area (Å²) in [4.78, 5) is 12.0. The summed E-state index contributed by atoms with van der Waals surface area (Å²) in [5.41, 5.74) is -0.160. The molecule has 0 radical (unpaired) electrons. The van der Waals surface area contributed by atoms with Gasteiger partial charge in [-0.05, 0) is 33.1 Å². The normalized spacial score (nSPS) is 14.6. The molecular weight excluding hydrogens is 200 g/mol. The van der Waals surface area contributed by atoms with Crippen LogP contribution in [-0.2, 0) is 9.53 Å². The summed E-state index contributed by atoms with van der Waals surface area (Å²) in [5.74, 6) is 1.03. The van der Waals surface area contributed by atoms with Crippen LogP contribution in [0.4, 0.5) is 0 Å². The fourth-order valence-corrected chi connectivity index (χ4v) is 1.66. The van der Waals surface area contributed by atoms with Crippen LogP contribution in [0.3, 0.4) is 0 Å². The molecule has 2 nitrogen and oxygen atoms in total. The van der Waals surface area contributed by atoms with E-state index in [9.17, 15) is 4.79 Å². The summed E-state index contributed by atoms with van der Waals surface area (Å²) in [6.07, 6.45) is 0.924. The number of rotatable bonds is 6. The second kappa shape index (κ2) is 6.39. The fraction of sp³-hybridized carbons (Fsp3) is 0.929. The van der Waals surface area contributed by atoms with Crippen LogP contribution >= 0.6 is 0 Å². The molecule has 0 aliphatic rings. The van der Waals surface area contributed by atoms with E-state index in [-0.39, 0.29) is 17.4 Å². The van der Waals surface area contributed by atoms with Gasteiger partial charge in [-0.1, -0.05) is 27.7 Å². The van der Waals surface area contributed by atoms with Gasteiger partial charge in [0.05, 0.1) is 12.2 Å². The molecular formula is C14H28O2. The zero-order valence-electron chi connectivity index (χ0n) is 12.0. The van der Waals surface area contributed by atoms with Gasteiger partial charge in [0.25, 0.3) is 0 Å². The number of carbonyl (C=O) groups is 1.